The van der Waals surface area contributed by atoms with E-state index in [9.17, 15) is 18.0 Å². The molecule has 142 valence electrons. The second kappa shape index (κ2) is 6.72. The number of alkyl halides is 2. The van der Waals surface area contributed by atoms with Gasteiger partial charge in [0, 0.05) is 29.0 Å². The molecule has 1 aliphatic rings. The van der Waals surface area contributed by atoms with Crippen LogP contribution in [0.25, 0.3) is 11.1 Å². The maximum atomic E-state index is 13.2. The predicted octanol–water partition coefficient (Wildman–Crippen LogP) is 5.11. The van der Waals surface area contributed by atoms with E-state index < -0.39 is 18.0 Å². The van der Waals surface area contributed by atoms with Gasteiger partial charge in [-0.1, -0.05) is 17.7 Å². The number of nitrogens with zero attached hydrogens (tertiary/aromatic N) is 1. The van der Waals surface area contributed by atoms with Crippen LogP contribution in [0.15, 0.2) is 54.7 Å². The minimum absolute atomic E-state index is 0.144. The van der Waals surface area contributed by atoms with Gasteiger partial charge in [-0.25, -0.2) is 9.37 Å². The van der Waals surface area contributed by atoms with Crippen LogP contribution in [0.2, 0.25) is 5.02 Å². The molecule has 0 saturated carbocycles. The van der Waals surface area contributed by atoms with Gasteiger partial charge in [0.15, 0.2) is 11.5 Å². The fraction of sp³-hybridized carbons (Fsp3) is 0.0526. The van der Waals surface area contributed by atoms with Gasteiger partial charge in [0.05, 0.1) is 5.02 Å². The third-order valence-electron chi connectivity index (χ3n) is 3.89. The highest BCUT2D eigenvalue weighted by atomic mass is 35.5. The number of pyridine rings is 1. The number of hydrogen-bond donors (Lipinski definition) is 1. The predicted molar refractivity (Wildman–Crippen MR) is 95.2 cm³/mol. The van der Waals surface area contributed by atoms with Crippen LogP contribution in [0.3, 0.4) is 0 Å². The fourth-order valence-electron chi connectivity index (χ4n) is 2.64. The number of anilines is 1. The number of nitrogens with one attached hydrogen (secondary N) is 1. The minimum Gasteiger partial charge on any atom is -0.395 e. The first-order valence-corrected chi connectivity index (χ1v) is 8.31. The molecule has 0 bridgehead atoms. The third-order valence-corrected chi connectivity index (χ3v) is 4.21. The molecular formula is C19H10ClF3N2O3. The topological polar surface area (TPSA) is 60.5 Å². The zero-order valence-electron chi connectivity index (χ0n) is 13.9. The van der Waals surface area contributed by atoms with Crippen molar-refractivity contribution in [2.75, 3.05) is 5.32 Å². The fourth-order valence-corrected chi connectivity index (χ4v) is 2.90. The van der Waals surface area contributed by atoms with E-state index in [1.165, 1.54) is 42.6 Å². The van der Waals surface area contributed by atoms with Crippen LogP contribution < -0.4 is 14.8 Å². The molecule has 28 heavy (non-hydrogen) atoms. The molecule has 9 heteroatoms. The molecule has 0 atom stereocenters. The number of carbonyl (C=O) groups is 1. The Morgan fingerprint density at radius 2 is 1.82 bits per heavy atom. The van der Waals surface area contributed by atoms with Crippen molar-refractivity contribution >= 4 is 23.3 Å². The quantitative estimate of drug-likeness (QED) is 0.656. The van der Waals surface area contributed by atoms with Crippen molar-refractivity contribution in [3.05, 3.63) is 71.1 Å². The van der Waals surface area contributed by atoms with E-state index in [1.54, 1.807) is 6.07 Å². The van der Waals surface area contributed by atoms with E-state index in [2.05, 4.69) is 19.8 Å². The molecule has 0 fully saturated rings. The largest absolute Gasteiger partial charge is 0.586 e. The minimum atomic E-state index is -3.74. The number of carbonyl (C=O) groups excluding carboxylic acids is 1. The van der Waals surface area contributed by atoms with Crippen molar-refractivity contribution in [1.82, 2.24) is 4.98 Å². The second-order valence-electron chi connectivity index (χ2n) is 5.84. The van der Waals surface area contributed by atoms with E-state index in [0.29, 0.717) is 11.1 Å². The number of benzene rings is 2. The van der Waals surface area contributed by atoms with Crippen LogP contribution in [-0.2, 0) is 0 Å². The number of rotatable bonds is 3. The molecule has 4 rings (SSSR count). The highest BCUT2D eigenvalue weighted by Crippen LogP contribution is 2.45. The van der Waals surface area contributed by atoms with Crippen LogP contribution in [0, 0.1) is 5.82 Å². The lowest BCUT2D eigenvalue weighted by Gasteiger charge is -2.08. The molecule has 2 aromatic carbocycles. The standard InChI is InChI=1S/C19H10ClF3N2O3/c20-14-8-16-15(27-19(22,23)28-16)7-13(14)11-4-5-17(24-9-11)25-18(26)10-2-1-3-12(21)6-10/h1-9H,(H,24,25,26). The molecule has 0 saturated heterocycles. The van der Waals surface area contributed by atoms with E-state index in [0.717, 1.165) is 6.07 Å². The van der Waals surface area contributed by atoms with Gasteiger partial charge in [0.1, 0.15) is 11.6 Å². The summed E-state index contributed by atoms with van der Waals surface area (Å²) in [6.45, 7) is 0. The Hall–Kier alpha value is -3.26. The van der Waals surface area contributed by atoms with Gasteiger partial charge in [-0.15, -0.1) is 8.78 Å². The number of halogens is 4. The highest BCUT2D eigenvalue weighted by molar-refractivity contribution is 6.33. The molecule has 1 amide bonds. The first-order chi connectivity index (χ1) is 13.3. The van der Waals surface area contributed by atoms with E-state index in [-0.39, 0.29) is 27.9 Å². The molecule has 0 unspecified atom stereocenters. The Kier molecular flexibility index (Phi) is 4.35. The average Bonchev–Trinajstić information content (AvgIpc) is 2.94. The normalized spacial score (nSPS) is 14.0. The summed E-state index contributed by atoms with van der Waals surface area (Å²) in [7, 11) is 0. The summed E-state index contributed by atoms with van der Waals surface area (Å²) >= 11 is 6.14. The summed E-state index contributed by atoms with van der Waals surface area (Å²) in [5.41, 5.74) is 1.05. The van der Waals surface area contributed by atoms with Crippen LogP contribution in [0.5, 0.6) is 11.5 Å². The van der Waals surface area contributed by atoms with Gasteiger partial charge in [-0.3, -0.25) is 4.79 Å². The molecule has 1 aliphatic heterocycles. The Bertz CT molecular complexity index is 1070. The van der Waals surface area contributed by atoms with Gasteiger partial charge >= 0.3 is 6.29 Å². The number of fused-ring (bicyclic) bond motifs is 1. The van der Waals surface area contributed by atoms with Crippen LogP contribution in [0.1, 0.15) is 10.4 Å². The number of ether oxygens (including phenoxy) is 2. The smallest absolute Gasteiger partial charge is 0.395 e. The molecule has 1 N–H and O–H groups in total. The van der Waals surface area contributed by atoms with Crippen LogP contribution in [0.4, 0.5) is 19.0 Å². The molecule has 2 heterocycles. The second-order valence-corrected chi connectivity index (χ2v) is 6.25. The van der Waals surface area contributed by atoms with Crippen LogP contribution >= 0.6 is 11.6 Å². The molecule has 5 nitrogen and oxygen atoms in total. The number of hydrogen-bond acceptors (Lipinski definition) is 4. The van der Waals surface area contributed by atoms with Crippen molar-refractivity contribution in [1.29, 1.82) is 0 Å². The van der Waals surface area contributed by atoms with Crippen molar-refractivity contribution < 1.29 is 27.4 Å². The Morgan fingerprint density at radius 3 is 2.50 bits per heavy atom. The summed E-state index contributed by atoms with van der Waals surface area (Å²) in [6.07, 6.45) is -2.34. The highest BCUT2D eigenvalue weighted by Gasteiger charge is 2.43. The molecule has 0 spiro atoms. The maximum absolute atomic E-state index is 13.2. The summed E-state index contributed by atoms with van der Waals surface area (Å²) in [5, 5.41) is 2.70. The van der Waals surface area contributed by atoms with E-state index in [1.807, 2.05) is 0 Å². The Morgan fingerprint density at radius 1 is 1.07 bits per heavy atom. The zero-order valence-corrected chi connectivity index (χ0v) is 14.6. The van der Waals surface area contributed by atoms with E-state index >= 15 is 0 Å². The Balaban J connectivity index is 1.55. The van der Waals surface area contributed by atoms with E-state index in [4.69, 9.17) is 11.6 Å². The summed E-state index contributed by atoms with van der Waals surface area (Å²) < 4.78 is 48.3. The first kappa shape index (κ1) is 18.1. The van der Waals surface area contributed by atoms with Crippen molar-refractivity contribution in [2.45, 2.75) is 6.29 Å². The molecule has 1 aromatic heterocycles. The van der Waals surface area contributed by atoms with Crippen molar-refractivity contribution in [3.63, 3.8) is 0 Å². The lowest BCUT2D eigenvalue weighted by atomic mass is 10.1. The monoisotopic (exact) mass is 406 g/mol. The van der Waals surface area contributed by atoms with Gasteiger partial charge < -0.3 is 14.8 Å². The van der Waals surface area contributed by atoms with Crippen molar-refractivity contribution in [2.24, 2.45) is 0 Å². The van der Waals surface area contributed by atoms with Gasteiger partial charge in [0.25, 0.3) is 5.91 Å². The molecule has 0 radical (unpaired) electrons. The summed E-state index contributed by atoms with van der Waals surface area (Å²) in [4.78, 5) is 16.2. The van der Waals surface area contributed by atoms with Gasteiger partial charge in [0.2, 0.25) is 0 Å². The van der Waals surface area contributed by atoms with Crippen LogP contribution in [-0.4, -0.2) is 17.2 Å². The van der Waals surface area contributed by atoms with Gasteiger partial charge in [-0.2, -0.15) is 0 Å². The zero-order chi connectivity index (χ0) is 19.9. The Labute approximate surface area is 161 Å². The SMILES string of the molecule is O=C(Nc1ccc(-c2cc3c(cc2Cl)OC(F)(F)O3)cn1)c1cccc(F)c1. The maximum Gasteiger partial charge on any atom is 0.586 e. The summed E-state index contributed by atoms with van der Waals surface area (Å²) in [6, 6.07) is 10.9. The molecular weight excluding hydrogens is 397 g/mol. The molecule has 3 aromatic rings. The third kappa shape index (κ3) is 3.59. The number of amides is 1. The summed E-state index contributed by atoms with van der Waals surface area (Å²) in [5.74, 6) is -1.14. The lowest BCUT2D eigenvalue weighted by Crippen LogP contribution is -2.25. The average molecular weight is 407 g/mol. The van der Waals surface area contributed by atoms with Gasteiger partial charge in [-0.05, 0) is 36.4 Å². The first-order valence-electron chi connectivity index (χ1n) is 7.93. The lowest BCUT2D eigenvalue weighted by molar-refractivity contribution is -0.286. The molecule has 0 aliphatic carbocycles. The van der Waals surface area contributed by atoms with Crippen molar-refractivity contribution in [3.8, 4) is 22.6 Å². The number of aromatic nitrogens is 1.